The quantitative estimate of drug-likeness (QED) is 0.372. The molecular weight excluding hydrogens is 270 g/mol. The number of nitrogens with two attached hydrogens (primary N) is 1. The Labute approximate surface area is 140 Å². The molecule has 4 unspecified atom stereocenters. The van der Waals surface area contributed by atoms with Gasteiger partial charge in [0.15, 0.2) is 0 Å². The highest BCUT2D eigenvalue weighted by atomic mass is 16.5. The van der Waals surface area contributed by atoms with Crippen LogP contribution in [0.1, 0.15) is 105 Å². The molecule has 0 saturated carbocycles. The zero-order valence-electron chi connectivity index (χ0n) is 16.1. The maximum Gasteiger partial charge on any atom is 0.0550 e. The van der Waals surface area contributed by atoms with Gasteiger partial charge in [-0.3, -0.25) is 0 Å². The van der Waals surface area contributed by atoms with Crippen LogP contribution in [0.15, 0.2) is 0 Å². The van der Waals surface area contributed by atoms with E-state index in [4.69, 9.17) is 10.5 Å². The molecule has 0 aliphatic carbocycles. The van der Waals surface area contributed by atoms with Crippen molar-refractivity contribution in [2.75, 3.05) is 0 Å². The van der Waals surface area contributed by atoms with Crippen LogP contribution in [0.25, 0.3) is 0 Å². The fourth-order valence-corrected chi connectivity index (χ4v) is 2.78. The van der Waals surface area contributed by atoms with Crippen LogP contribution in [0.2, 0.25) is 0 Å². The van der Waals surface area contributed by atoms with Gasteiger partial charge in [0, 0.05) is 6.04 Å². The van der Waals surface area contributed by atoms with Crippen LogP contribution in [0.5, 0.6) is 0 Å². The molecular formula is C20H43NO. The van der Waals surface area contributed by atoms with E-state index < -0.39 is 0 Å². The van der Waals surface area contributed by atoms with E-state index in [1.165, 1.54) is 64.2 Å². The number of ether oxygens (including phenoxy) is 1. The molecule has 0 saturated heterocycles. The summed E-state index contributed by atoms with van der Waals surface area (Å²) in [6, 6.07) is 0.353. The SMILES string of the molecule is CCC(C)OC(C)CCCCCCCCCCC(C)C(C)N. The first kappa shape index (κ1) is 21.9. The van der Waals surface area contributed by atoms with E-state index in [1.807, 2.05) is 0 Å². The van der Waals surface area contributed by atoms with Crippen LogP contribution in [0.4, 0.5) is 0 Å². The third kappa shape index (κ3) is 13.6. The van der Waals surface area contributed by atoms with E-state index in [0.717, 1.165) is 6.42 Å². The van der Waals surface area contributed by atoms with Gasteiger partial charge < -0.3 is 10.5 Å². The Morgan fingerprint density at radius 2 is 1.14 bits per heavy atom. The molecule has 0 rings (SSSR count). The number of rotatable bonds is 15. The molecule has 0 aliphatic rings. The molecule has 0 fully saturated rings. The molecule has 0 amide bonds. The number of hydrogen-bond acceptors (Lipinski definition) is 2. The maximum absolute atomic E-state index is 5.90. The van der Waals surface area contributed by atoms with E-state index >= 15 is 0 Å². The van der Waals surface area contributed by atoms with Crippen LogP contribution in [-0.2, 0) is 4.74 Å². The maximum atomic E-state index is 5.90. The normalized spacial score (nSPS) is 17.2. The molecule has 22 heavy (non-hydrogen) atoms. The molecule has 0 aliphatic heterocycles. The number of hydrogen-bond donors (Lipinski definition) is 1. The van der Waals surface area contributed by atoms with E-state index in [1.54, 1.807) is 0 Å². The zero-order chi connectivity index (χ0) is 16.8. The van der Waals surface area contributed by atoms with Gasteiger partial charge in [-0.15, -0.1) is 0 Å². The molecule has 2 nitrogen and oxygen atoms in total. The average molecular weight is 314 g/mol. The van der Waals surface area contributed by atoms with Crippen LogP contribution < -0.4 is 5.73 Å². The Balaban J connectivity index is 3.24. The molecule has 0 aromatic carbocycles. The van der Waals surface area contributed by atoms with Crippen LogP contribution in [0, 0.1) is 5.92 Å². The topological polar surface area (TPSA) is 35.2 Å². The van der Waals surface area contributed by atoms with Gasteiger partial charge in [0.25, 0.3) is 0 Å². The summed E-state index contributed by atoms with van der Waals surface area (Å²) in [6.07, 6.45) is 15.5. The van der Waals surface area contributed by atoms with Crippen molar-refractivity contribution in [3.8, 4) is 0 Å². The minimum absolute atomic E-state index is 0.353. The molecule has 0 aromatic rings. The van der Waals surface area contributed by atoms with Gasteiger partial charge in [-0.1, -0.05) is 65.2 Å². The molecule has 2 N–H and O–H groups in total. The third-order valence-electron chi connectivity index (χ3n) is 4.96. The molecule has 0 spiro atoms. The predicted octanol–water partition coefficient (Wildman–Crippen LogP) is 6.07. The molecule has 4 atom stereocenters. The van der Waals surface area contributed by atoms with Gasteiger partial charge in [-0.2, -0.15) is 0 Å². The fraction of sp³-hybridized carbons (Fsp3) is 1.00. The van der Waals surface area contributed by atoms with Crippen LogP contribution in [-0.4, -0.2) is 18.2 Å². The van der Waals surface area contributed by atoms with Crippen molar-refractivity contribution in [1.29, 1.82) is 0 Å². The largest absolute Gasteiger partial charge is 0.376 e. The van der Waals surface area contributed by atoms with Gasteiger partial charge in [0.2, 0.25) is 0 Å². The molecule has 0 radical (unpaired) electrons. The highest BCUT2D eigenvalue weighted by Crippen LogP contribution is 2.15. The minimum Gasteiger partial charge on any atom is -0.376 e. The lowest BCUT2D eigenvalue weighted by atomic mass is 9.96. The fourth-order valence-electron chi connectivity index (χ4n) is 2.78. The lowest BCUT2D eigenvalue weighted by Gasteiger charge is -2.17. The second kappa shape index (κ2) is 14.5. The summed E-state index contributed by atoms with van der Waals surface area (Å²) < 4.78 is 5.90. The lowest BCUT2D eigenvalue weighted by Crippen LogP contribution is -2.23. The van der Waals surface area contributed by atoms with Crippen molar-refractivity contribution >= 4 is 0 Å². The Kier molecular flexibility index (Phi) is 14.5. The molecule has 0 bridgehead atoms. The summed E-state index contributed by atoms with van der Waals surface area (Å²) in [6.45, 7) is 11.0. The monoisotopic (exact) mass is 313 g/mol. The van der Waals surface area contributed by atoms with Crippen LogP contribution in [0.3, 0.4) is 0 Å². The molecule has 134 valence electrons. The summed E-state index contributed by atoms with van der Waals surface area (Å²) in [5.74, 6) is 0.680. The van der Waals surface area contributed by atoms with E-state index in [0.29, 0.717) is 24.2 Å². The van der Waals surface area contributed by atoms with Crippen molar-refractivity contribution < 1.29 is 4.74 Å². The summed E-state index contributed by atoms with van der Waals surface area (Å²) in [7, 11) is 0. The lowest BCUT2D eigenvalue weighted by molar-refractivity contribution is 0.00134. The van der Waals surface area contributed by atoms with E-state index in [2.05, 4.69) is 34.6 Å². The van der Waals surface area contributed by atoms with Crippen molar-refractivity contribution in [2.45, 2.75) is 123 Å². The minimum atomic E-state index is 0.353. The van der Waals surface area contributed by atoms with Gasteiger partial charge in [-0.25, -0.2) is 0 Å². The van der Waals surface area contributed by atoms with E-state index in [-0.39, 0.29) is 0 Å². The standard InChI is InChI=1S/C20H43NO/c1-6-18(3)22-19(4)16-14-12-10-8-7-9-11-13-15-17(2)20(5)21/h17-20H,6-16,21H2,1-5H3. The smallest absolute Gasteiger partial charge is 0.0550 e. The predicted molar refractivity (Wildman–Crippen MR) is 99.3 cm³/mol. The second-order valence-electron chi connectivity index (χ2n) is 7.41. The van der Waals surface area contributed by atoms with Crippen molar-refractivity contribution in [2.24, 2.45) is 11.7 Å². The Morgan fingerprint density at radius 1 is 0.682 bits per heavy atom. The summed E-state index contributed by atoms with van der Waals surface area (Å²) in [4.78, 5) is 0. The van der Waals surface area contributed by atoms with Crippen molar-refractivity contribution in [3.63, 3.8) is 0 Å². The Bertz CT molecular complexity index is 230. The summed E-state index contributed by atoms with van der Waals surface area (Å²) in [5, 5.41) is 0. The summed E-state index contributed by atoms with van der Waals surface area (Å²) in [5.41, 5.74) is 5.89. The number of unbranched alkanes of at least 4 members (excludes halogenated alkanes) is 7. The second-order valence-corrected chi connectivity index (χ2v) is 7.41. The first-order valence-electron chi connectivity index (χ1n) is 9.88. The summed E-state index contributed by atoms with van der Waals surface area (Å²) >= 11 is 0. The van der Waals surface area contributed by atoms with Gasteiger partial charge in [0.1, 0.15) is 0 Å². The molecule has 0 heterocycles. The first-order chi connectivity index (χ1) is 10.5. The van der Waals surface area contributed by atoms with Gasteiger partial charge in [-0.05, 0) is 46.0 Å². The highest BCUT2D eigenvalue weighted by Gasteiger charge is 2.07. The van der Waals surface area contributed by atoms with Gasteiger partial charge in [0.05, 0.1) is 12.2 Å². The highest BCUT2D eigenvalue weighted by molar-refractivity contribution is 4.63. The molecule has 0 aromatic heterocycles. The van der Waals surface area contributed by atoms with Crippen molar-refractivity contribution in [1.82, 2.24) is 0 Å². The molecule has 2 heteroatoms. The van der Waals surface area contributed by atoms with Crippen LogP contribution >= 0.6 is 0 Å². The van der Waals surface area contributed by atoms with Crippen molar-refractivity contribution in [3.05, 3.63) is 0 Å². The average Bonchev–Trinajstić information content (AvgIpc) is 2.48. The van der Waals surface area contributed by atoms with E-state index in [9.17, 15) is 0 Å². The Hall–Kier alpha value is -0.0800. The third-order valence-corrected chi connectivity index (χ3v) is 4.96. The zero-order valence-corrected chi connectivity index (χ0v) is 16.1. The Morgan fingerprint density at radius 3 is 1.59 bits per heavy atom. The van der Waals surface area contributed by atoms with Gasteiger partial charge >= 0.3 is 0 Å². The first-order valence-corrected chi connectivity index (χ1v) is 9.88.